The average molecular weight is 1060 g/mol. The van der Waals surface area contributed by atoms with Crippen molar-refractivity contribution in [1.82, 2.24) is 0 Å². The van der Waals surface area contributed by atoms with Crippen molar-refractivity contribution in [3.8, 4) is 51.4 Å². The summed E-state index contributed by atoms with van der Waals surface area (Å²) in [5.41, 5.74) is 10.1. The summed E-state index contributed by atoms with van der Waals surface area (Å²) in [5.74, 6) is 4.80. The smallest absolute Gasteiger partial charge is 0.488 e. The molecule has 404 valence electrons. The van der Waals surface area contributed by atoms with Gasteiger partial charge in [-0.3, -0.25) is 0 Å². The highest BCUT2D eigenvalue weighted by Crippen LogP contribution is 2.59. The van der Waals surface area contributed by atoms with Gasteiger partial charge < -0.3 is 31.9 Å². The first kappa shape index (κ1) is 59.0. The van der Waals surface area contributed by atoms with Crippen LogP contribution in [-0.4, -0.2) is 5.60 Å². The van der Waals surface area contributed by atoms with E-state index in [9.17, 15) is 0 Å². The highest BCUT2D eigenvalue weighted by Gasteiger charge is 2.40. The van der Waals surface area contributed by atoms with Gasteiger partial charge in [-0.05, 0) is 183 Å². The molecule has 0 fully saturated rings. The summed E-state index contributed by atoms with van der Waals surface area (Å²) in [6.07, 6.45) is 6.78. The number of hydrogen-bond acceptors (Lipinski definition) is 7. The minimum absolute atomic E-state index is 0.235. The van der Waals surface area contributed by atoms with Crippen LogP contribution < -0.4 is 31.9 Å². The molecule has 9 heteroatoms. The molecule has 75 heavy (non-hydrogen) atoms. The topological polar surface area (TPSA) is 64.6 Å². The fourth-order valence-corrected chi connectivity index (χ4v) is 11.0. The first-order chi connectivity index (χ1) is 35.6. The molecular formula is C66H88O7P2. The Bertz CT molecular complexity index is 2760. The van der Waals surface area contributed by atoms with Crippen LogP contribution in [0, 0.1) is 13.8 Å². The van der Waals surface area contributed by atoms with Crippen molar-refractivity contribution in [3.05, 3.63) is 159 Å². The van der Waals surface area contributed by atoms with E-state index in [-0.39, 0.29) is 10.8 Å². The van der Waals surface area contributed by atoms with E-state index in [0.717, 1.165) is 113 Å². The Kier molecular flexibility index (Phi) is 19.9. The quantitative estimate of drug-likeness (QED) is 0.0502. The van der Waals surface area contributed by atoms with Gasteiger partial charge in [0.1, 0.15) is 45.8 Å². The van der Waals surface area contributed by atoms with Gasteiger partial charge in [0.15, 0.2) is 0 Å². The van der Waals surface area contributed by atoms with Gasteiger partial charge in [-0.25, -0.2) is 0 Å². The highest BCUT2D eigenvalue weighted by atomic mass is 31.2. The summed E-state index contributed by atoms with van der Waals surface area (Å²) in [7, 11) is -4.31. The lowest BCUT2D eigenvalue weighted by molar-refractivity contribution is 0.104. The normalized spacial score (nSPS) is 12.3. The molecule has 0 amide bonds. The van der Waals surface area contributed by atoms with Gasteiger partial charge in [0.05, 0.1) is 0 Å². The Balaban J connectivity index is 1.80. The van der Waals surface area contributed by atoms with Gasteiger partial charge in [-0.15, -0.1) is 0 Å². The lowest BCUT2D eigenvalue weighted by Gasteiger charge is -2.37. The third kappa shape index (κ3) is 14.4. The van der Waals surface area contributed by atoms with Gasteiger partial charge in [-0.2, -0.15) is 0 Å². The summed E-state index contributed by atoms with van der Waals surface area (Å²) < 4.78 is 50.6. The molecular weight excluding hydrogens is 967 g/mol. The number of hydrogen-bond donors (Lipinski definition) is 0. The van der Waals surface area contributed by atoms with E-state index in [0.29, 0.717) is 34.5 Å². The number of benzene rings is 6. The Morgan fingerprint density at radius 3 is 1.00 bits per heavy atom. The predicted octanol–water partition coefficient (Wildman–Crippen LogP) is 20.4. The van der Waals surface area contributed by atoms with Crippen molar-refractivity contribution in [1.29, 1.82) is 0 Å². The Hall–Kier alpha value is -5.22. The summed E-state index contributed by atoms with van der Waals surface area (Å²) in [6.45, 7) is 40.2. The fraction of sp³-hybridized carbons (Fsp3) is 0.455. The van der Waals surface area contributed by atoms with Gasteiger partial charge in [0, 0.05) is 27.8 Å². The van der Waals surface area contributed by atoms with E-state index in [2.05, 4.69) is 185 Å². The lowest BCUT2D eigenvalue weighted by Crippen LogP contribution is -2.28. The monoisotopic (exact) mass is 1050 g/mol. The number of ether oxygens (including phenoxy) is 1. The van der Waals surface area contributed by atoms with Crippen molar-refractivity contribution < 1.29 is 31.9 Å². The van der Waals surface area contributed by atoms with Gasteiger partial charge >= 0.3 is 17.2 Å². The number of aryl methyl sites for hydroxylation is 4. The lowest BCUT2D eigenvalue weighted by atomic mass is 9.71. The van der Waals surface area contributed by atoms with Crippen molar-refractivity contribution in [2.45, 2.75) is 198 Å². The fourth-order valence-electron chi connectivity index (χ4n) is 8.93. The Morgan fingerprint density at radius 1 is 0.360 bits per heavy atom. The maximum atomic E-state index is 7.69. The molecule has 0 aliphatic carbocycles. The van der Waals surface area contributed by atoms with E-state index >= 15 is 0 Å². The second-order valence-corrected chi connectivity index (χ2v) is 24.5. The summed E-state index contributed by atoms with van der Waals surface area (Å²) in [4.78, 5) is 0. The van der Waals surface area contributed by atoms with Crippen LogP contribution in [0.1, 0.15) is 187 Å². The zero-order chi connectivity index (χ0) is 54.9. The van der Waals surface area contributed by atoms with Crippen LogP contribution in [0.4, 0.5) is 0 Å². The second kappa shape index (κ2) is 25.3. The maximum Gasteiger partial charge on any atom is 0.530 e. The van der Waals surface area contributed by atoms with Crippen LogP contribution in [-0.2, 0) is 41.9 Å². The van der Waals surface area contributed by atoms with Crippen LogP contribution in [0.2, 0.25) is 0 Å². The predicted molar refractivity (Wildman–Crippen MR) is 317 cm³/mol. The Morgan fingerprint density at radius 2 is 0.680 bits per heavy atom. The van der Waals surface area contributed by atoms with Crippen molar-refractivity contribution in [2.75, 3.05) is 0 Å². The third-order valence-electron chi connectivity index (χ3n) is 15.6. The minimum Gasteiger partial charge on any atom is -0.488 e. The van der Waals surface area contributed by atoms with E-state index in [4.69, 9.17) is 31.9 Å². The van der Waals surface area contributed by atoms with Crippen LogP contribution in [0.15, 0.2) is 109 Å². The van der Waals surface area contributed by atoms with Gasteiger partial charge in [0.2, 0.25) is 0 Å². The van der Waals surface area contributed by atoms with Crippen LogP contribution >= 0.6 is 17.2 Å². The molecule has 6 aromatic rings. The Labute approximate surface area is 455 Å². The zero-order valence-electron chi connectivity index (χ0n) is 48.8. The first-order valence-electron chi connectivity index (χ1n) is 27.7. The zero-order valence-corrected chi connectivity index (χ0v) is 50.6. The molecule has 0 aliphatic heterocycles. The molecule has 0 heterocycles. The number of rotatable bonds is 26. The summed E-state index contributed by atoms with van der Waals surface area (Å²) in [5, 5.41) is 0. The van der Waals surface area contributed by atoms with Crippen LogP contribution in [0.5, 0.6) is 40.2 Å². The van der Waals surface area contributed by atoms with E-state index in [1.165, 1.54) is 5.56 Å². The maximum absolute atomic E-state index is 7.69. The largest absolute Gasteiger partial charge is 0.530 e. The molecule has 0 spiro atoms. The molecule has 0 unspecified atom stereocenters. The summed E-state index contributed by atoms with van der Waals surface area (Å²) >= 11 is 0. The molecule has 6 rings (SSSR count). The minimum atomic E-state index is -2.16. The molecule has 0 saturated carbocycles. The van der Waals surface area contributed by atoms with E-state index in [1.54, 1.807) is 0 Å². The SMILES string of the molecule is CCc1cccc(OP(Oc2cccc(CC)c2)Oc2c(C(C)(C)CC)cc(OC(C)(C)CC)c(C)c2-c2c(C)c(C(C)(C)CC)cc(C(C)(C)CC)c2OP(Oc2cccc(CC)c2)Oc2cccc(CC)c2)c1. The third-order valence-corrected chi connectivity index (χ3v) is 17.7. The van der Waals surface area contributed by atoms with E-state index < -0.39 is 28.2 Å². The van der Waals surface area contributed by atoms with Crippen molar-refractivity contribution in [3.63, 3.8) is 0 Å². The average Bonchev–Trinajstić information content (AvgIpc) is 3.39. The molecule has 7 nitrogen and oxygen atoms in total. The molecule has 0 bridgehead atoms. The second-order valence-electron chi connectivity index (χ2n) is 22.5. The molecule has 0 aromatic heterocycles. The first-order valence-corrected chi connectivity index (χ1v) is 29.8. The van der Waals surface area contributed by atoms with Gasteiger partial charge in [0.25, 0.3) is 0 Å². The molecule has 0 radical (unpaired) electrons. The standard InChI is InChI=1S/C66H88O7P2/c1-19-47-31-27-35-51(39-47)68-74(69-52-36-28-32-48(20-2)40-52)72-61-56(64(13,14)24-6)43-55(63(11,12)23-5)45(9)59(61)60-46(10)58(67-66(17,18)26-8)44-57(65(15,16)25-7)62(60)73-75(70-53-37-29-33-49(21-3)41-53)71-54-38-30-34-50(22-4)42-54/h27-44H,19-26H2,1-18H3. The highest BCUT2D eigenvalue weighted by molar-refractivity contribution is 7.43. The molecule has 0 saturated heterocycles. The molecule has 0 atom stereocenters. The molecule has 0 N–H and O–H groups in total. The van der Waals surface area contributed by atoms with Gasteiger partial charge in [-0.1, -0.05) is 152 Å². The summed E-state index contributed by atoms with van der Waals surface area (Å²) in [6, 6.07) is 37.5. The van der Waals surface area contributed by atoms with Crippen LogP contribution in [0.25, 0.3) is 11.1 Å². The van der Waals surface area contributed by atoms with Crippen LogP contribution in [0.3, 0.4) is 0 Å². The van der Waals surface area contributed by atoms with Crippen molar-refractivity contribution >= 4 is 17.2 Å². The molecule has 0 aliphatic rings. The van der Waals surface area contributed by atoms with Crippen molar-refractivity contribution in [2.24, 2.45) is 0 Å². The molecule has 6 aromatic carbocycles. The van der Waals surface area contributed by atoms with E-state index in [1.807, 2.05) is 48.5 Å².